The highest BCUT2D eigenvalue weighted by Crippen LogP contribution is 2.30. The number of fused-ring (bicyclic) bond motifs is 3. The number of rotatable bonds is 2. The van der Waals surface area contributed by atoms with Crippen LogP contribution in [0.5, 0.6) is 0 Å². The number of H-pyrrole nitrogens is 2. The lowest BCUT2D eigenvalue weighted by atomic mass is 9.97. The molecule has 3 aromatic rings. The van der Waals surface area contributed by atoms with Gasteiger partial charge in [0.2, 0.25) is 0 Å². The second-order valence-corrected chi connectivity index (χ2v) is 6.69. The van der Waals surface area contributed by atoms with Crippen LogP contribution in [-0.4, -0.2) is 21.4 Å². The molecule has 2 heterocycles. The summed E-state index contributed by atoms with van der Waals surface area (Å²) in [7, 11) is 0. The number of benzene rings is 2. The Morgan fingerprint density at radius 3 is 2.37 bits per heavy atom. The molecule has 1 aliphatic heterocycles. The van der Waals surface area contributed by atoms with Crippen molar-refractivity contribution in [3.63, 3.8) is 0 Å². The summed E-state index contributed by atoms with van der Waals surface area (Å²) in [4.78, 5) is 30.5. The summed E-state index contributed by atoms with van der Waals surface area (Å²) in [6, 6.07) is 8.86. The topological polar surface area (TPSA) is 69.0 Å². The lowest BCUT2D eigenvalue weighted by Gasteiger charge is -2.29. The summed E-state index contributed by atoms with van der Waals surface area (Å²) in [6.45, 7) is 1.86. The van der Waals surface area contributed by atoms with E-state index in [1.807, 2.05) is 6.07 Å². The van der Waals surface area contributed by atoms with E-state index in [4.69, 9.17) is 0 Å². The van der Waals surface area contributed by atoms with E-state index < -0.39 is 22.9 Å². The van der Waals surface area contributed by atoms with Crippen LogP contribution in [0.15, 0.2) is 46.0 Å². The van der Waals surface area contributed by atoms with Gasteiger partial charge in [-0.25, -0.2) is 0 Å². The van der Waals surface area contributed by atoms with Crippen LogP contribution in [0.25, 0.3) is 11.0 Å². The molecule has 0 fully saturated rings. The molecule has 0 atom stereocenters. The van der Waals surface area contributed by atoms with Gasteiger partial charge in [-0.1, -0.05) is 18.2 Å². The quantitative estimate of drug-likeness (QED) is 0.677. The van der Waals surface area contributed by atoms with Gasteiger partial charge in [0, 0.05) is 19.6 Å². The van der Waals surface area contributed by atoms with E-state index >= 15 is 0 Å². The van der Waals surface area contributed by atoms with Crippen molar-refractivity contribution in [1.82, 2.24) is 14.9 Å². The van der Waals surface area contributed by atoms with Crippen molar-refractivity contribution in [2.75, 3.05) is 6.54 Å². The zero-order valence-corrected chi connectivity index (χ0v) is 14.2. The Hall–Kier alpha value is -2.87. The lowest BCUT2D eigenvalue weighted by molar-refractivity contribution is -0.137. The third kappa shape index (κ3) is 3.40. The smallest absolute Gasteiger partial charge is 0.316 e. The maximum Gasteiger partial charge on any atom is 0.416 e. The summed E-state index contributed by atoms with van der Waals surface area (Å²) >= 11 is 0. The normalized spacial score (nSPS) is 15.1. The molecule has 0 spiro atoms. The Labute approximate surface area is 151 Å². The third-order valence-corrected chi connectivity index (χ3v) is 4.86. The van der Waals surface area contributed by atoms with Crippen LogP contribution in [0, 0.1) is 0 Å². The molecular formula is C19H16F3N3O2. The molecule has 2 aromatic carbocycles. The van der Waals surface area contributed by atoms with Gasteiger partial charge in [0.25, 0.3) is 0 Å². The largest absolute Gasteiger partial charge is 0.416 e. The van der Waals surface area contributed by atoms with Crippen molar-refractivity contribution in [2.24, 2.45) is 0 Å². The van der Waals surface area contributed by atoms with Crippen LogP contribution >= 0.6 is 0 Å². The van der Waals surface area contributed by atoms with Crippen LogP contribution < -0.4 is 11.1 Å². The van der Waals surface area contributed by atoms with E-state index in [1.165, 1.54) is 12.1 Å². The first kappa shape index (κ1) is 17.5. The molecule has 0 radical (unpaired) electrons. The summed E-state index contributed by atoms with van der Waals surface area (Å²) in [5.74, 6) is 0. The average molecular weight is 375 g/mol. The van der Waals surface area contributed by atoms with Crippen molar-refractivity contribution < 1.29 is 13.2 Å². The number of aromatic amines is 2. The fourth-order valence-electron chi connectivity index (χ4n) is 3.50. The number of alkyl halides is 3. The van der Waals surface area contributed by atoms with E-state index in [0.29, 0.717) is 37.1 Å². The number of aromatic nitrogens is 2. The second kappa shape index (κ2) is 6.38. The Morgan fingerprint density at radius 2 is 1.67 bits per heavy atom. The van der Waals surface area contributed by atoms with Crippen LogP contribution in [-0.2, 0) is 25.7 Å². The molecule has 0 saturated heterocycles. The highest BCUT2D eigenvalue weighted by Gasteiger charge is 2.30. The molecular weight excluding hydrogens is 359 g/mol. The van der Waals surface area contributed by atoms with E-state index in [9.17, 15) is 22.8 Å². The molecule has 0 amide bonds. The van der Waals surface area contributed by atoms with Gasteiger partial charge in [-0.05, 0) is 41.3 Å². The SMILES string of the molecule is O=c1[nH]c2ccc3c(c2[nH]c1=O)CCN(Cc1ccc(C(F)(F)F)cc1)C3. The molecule has 27 heavy (non-hydrogen) atoms. The Morgan fingerprint density at radius 1 is 0.963 bits per heavy atom. The monoisotopic (exact) mass is 375 g/mol. The first-order valence-electron chi connectivity index (χ1n) is 8.47. The van der Waals surface area contributed by atoms with Crippen LogP contribution in [0.2, 0.25) is 0 Å². The van der Waals surface area contributed by atoms with Crippen LogP contribution in [0.4, 0.5) is 13.2 Å². The molecule has 5 nitrogen and oxygen atoms in total. The van der Waals surface area contributed by atoms with Gasteiger partial charge in [-0.15, -0.1) is 0 Å². The van der Waals surface area contributed by atoms with Gasteiger partial charge in [0.1, 0.15) is 0 Å². The Balaban J connectivity index is 1.57. The molecule has 4 rings (SSSR count). The standard InChI is InChI=1S/C19H16F3N3O2/c20-19(21,22)13-4-1-11(2-5-13)9-25-8-7-14-12(10-25)3-6-15-16(14)24-18(27)17(26)23-15/h1-6H,7-10H2,(H,23,26)(H,24,27). The van der Waals surface area contributed by atoms with Crippen LogP contribution in [0.3, 0.4) is 0 Å². The minimum atomic E-state index is -4.33. The highest BCUT2D eigenvalue weighted by atomic mass is 19.4. The summed E-state index contributed by atoms with van der Waals surface area (Å²) in [5.41, 5.74) is 2.06. The molecule has 8 heteroatoms. The van der Waals surface area contributed by atoms with E-state index in [-0.39, 0.29) is 0 Å². The third-order valence-electron chi connectivity index (χ3n) is 4.86. The first-order chi connectivity index (χ1) is 12.8. The number of nitrogens with zero attached hydrogens (tertiary/aromatic N) is 1. The van der Waals surface area contributed by atoms with Gasteiger partial charge >= 0.3 is 17.3 Å². The van der Waals surface area contributed by atoms with Crippen molar-refractivity contribution in [1.29, 1.82) is 0 Å². The van der Waals surface area contributed by atoms with Crippen molar-refractivity contribution >= 4 is 11.0 Å². The van der Waals surface area contributed by atoms with Gasteiger partial charge in [0.15, 0.2) is 0 Å². The predicted molar refractivity (Wildman–Crippen MR) is 94.5 cm³/mol. The maximum absolute atomic E-state index is 12.7. The predicted octanol–water partition coefficient (Wildman–Crippen LogP) is 2.79. The molecule has 0 unspecified atom stereocenters. The van der Waals surface area contributed by atoms with E-state index in [0.717, 1.165) is 28.8 Å². The zero-order chi connectivity index (χ0) is 19.2. The zero-order valence-electron chi connectivity index (χ0n) is 14.2. The van der Waals surface area contributed by atoms with Gasteiger partial charge in [0.05, 0.1) is 16.6 Å². The molecule has 140 valence electrons. The molecule has 2 N–H and O–H groups in total. The number of nitrogens with one attached hydrogen (secondary N) is 2. The van der Waals surface area contributed by atoms with E-state index in [1.54, 1.807) is 6.07 Å². The van der Waals surface area contributed by atoms with Gasteiger partial charge in [-0.3, -0.25) is 14.5 Å². The Bertz CT molecular complexity index is 1110. The van der Waals surface area contributed by atoms with Gasteiger partial charge < -0.3 is 9.97 Å². The Kier molecular flexibility index (Phi) is 4.15. The van der Waals surface area contributed by atoms with Crippen molar-refractivity contribution in [3.8, 4) is 0 Å². The molecule has 0 bridgehead atoms. The molecule has 1 aliphatic rings. The minimum absolute atomic E-state index is 0.539. The summed E-state index contributed by atoms with van der Waals surface area (Å²) in [6.07, 6.45) is -3.66. The fraction of sp³-hybridized carbons (Fsp3) is 0.263. The number of halogens is 3. The second-order valence-electron chi connectivity index (χ2n) is 6.69. The summed E-state index contributed by atoms with van der Waals surface area (Å²) in [5, 5.41) is 0. The highest BCUT2D eigenvalue weighted by molar-refractivity contribution is 5.79. The fourth-order valence-corrected chi connectivity index (χ4v) is 3.50. The van der Waals surface area contributed by atoms with Gasteiger partial charge in [-0.2, -0.15) is 13.2 Å². The van der Waals surface area contributed by atoms with E-state index in [2.05, 4.69) is 14.9 Å². The lowest BCUT2D eigenvalue weighted by Crippen LogP contribution is -2.32. The number of hydrogen-bond acceptors (Lipinski definition) is 3. The van der Waals surface area contributed by atoms with Crippen molar-refractivity contribution in [2.45, 2.75) is 25.7 Å². The average Bonchev–Trinajstić information content (AvgIpc) is 2.62. The molecule has 0 saturated carbocycles. The number of hydrogen-bond donors (Lipinski definition) is 2. The minimum Gasteiger partial charge on any atom is -0.316 e. The molecule has 1 aromatic heterocycles. The maximum atomic E-state index is 12.7. The van der Waals surface area contributed by atoms with Crippen molar-refractivity contribution in [3.05, 3.63) is 79.4 Å². The first-order valence-corrected chi connectivity index (χ1v) is 8.47. The molecule has 0 aliphatic carbocycles. The summed E-state index contributed by atoms with van der Waals surface area (Å²) < 4.78 is 38.0. The van der Waals surface area contributed by atoms with Crippen LogP contribution in [0.1, 0.15) is 22.3 Å².